The summed E-state index contributed by atoms with van der Waals surface area (Å²) in [6.07, 6.45) is 0.723. The molecular formula is C96H91BBr2N10O19S4. The van der Waals surface area contributed by atoms with Crippen LogP contribution in [0.4, 0.5) is 31.9 Å². The SMILES string of the molecule is COC(=O)c1ccc(C=O)cc1.COC(=O)c1ccc(CNc2nc3cc(-c4cc(OC)c(OC)c(OC)c4)ccc3s2)cc1.COC(=O)c1ccc(CNc2nc3cc(Br)ccc3s2)cc1.COc1cc(-c2ccc3sc(NCc4ccc(C(=O)Nc5ccccc5N)cc4)nc3c2)cc(OC)c1OC.COc1cc(B(O)O)cc(OC)c1OC.Nc1nc2cc(Br)ccc2s1. The number of esters is 3. The number of methoxy groups -OCH3 is 12. The first-order valence-electron chi connectivity index (χ1n) is 39.8. The van der Waals surface area contributed by atoms with E-state index in [-0.39, 0.29) is 23.3 Å². The van der Waals surface area contributed by atoms with E-state index in [1.54, 1.807) is 149 Å². The first-order chi connectivity index (χ1) is 63.9. The Bertz CT molecular complexity index is 6590. The third kappa shape index (κ3) is 26.1. The van der Waals surface area contributed by atoms with Crippen molar-refractivity contribution < 1.29 is 90.9 Å². The summed E-state index contributed by atoms with van der Waals surface area (Å²) in [5.74, 6) is 3.44. The number of carbonyl (C=O) groups excluding carboxylic acids is 5. The van der Waals surface area contributed by atoms with Crippen LogP contribution in [-0.4, -0.2) is 153 Å². The molecule has 16 aromatic rings. The summed E-state index contributed by atoms with van der Waals surface area (Å²) in [5, 5.41) is 34.1. The van der Waals surface area contributed by atoms with Gasteiger partial charge < -0.3 is 99.6 Å². The number of hydrogen-bond donors (Lipinski definition) is 8. The lowest BCUT2D eigenvalue weighted by Crippen LogP contribution is -2.30. The Hall–Kier alpha value is -14.1. The highest BCUT2D eigenvalue weighted by Crippen LogP contribution is 2.45. The van der Waals surface area contributed by atoms with Crippen molar-refractivity contribution in [2.45, 2.75) is 19.6 Å². The molecule has 0 fully saturated rings. The lowest BCUT2D eigenvalue weighted by atomic mass is 9.80. The van der Waals surface area contributed by atoms with E-state index in [2.05, 4.69) is 96.8 Å². The quantitative estimate of drug-likeness (QED) is 0.00779. The Morgan fingerprint density at radius 2 is 0.697 bits per heavy atom. The maximum Gasteiger partial charge on any atom is 0.488 e. The number of nitrogens with zero attached hydrogens (tertiary/aromatic N) is 4. The maximum atomic E-state index is 12.6. The van der Waals surface area contributed by atoms with Crippen LogP contribution in [0.5, 0.6) is 51.7 Å². The number of nitrogens with two attached hydrogens (primary N) is 2. The molecule has 132 heavy (non-hydrogen) atoms. The minimum Gasteiger partial charge on any atom is -0.493 e. The number of aromatic nitrogens is 4. The van der Waals surface area contributed by atoms with Crippen molar-refractivity contribution in [2.75, 3.05) is 118 Å². The molecule has 10 N–H and O–H groups in total. The van der Waals surface area contributed by atoms with Crippen molar-refractivity contribution in [1.82, 2.24) is 19.9 Å². The number of nitrogens with one attached hydrogen (secondary N) is 4. The highest BCUT2D eigenvalue weighted by atomic mass is 79.9. The summed E-state index contributed by atoms with van der Waals surface area (Å²) in [6.45, 7) is 1.83. The first-order valence-corrected chi connectivity index (χ1v) is 44.6. The van der Waals surface area contributed by atoms with Gasteiger partial charge in [-0.1, -0.05) is 150 Å². The number of aldehydes is 1. The average Bonchev–Trinajstić information content (AvgIpc) is 1.24. The fourth-order valence-corrected chi connectivity index (χ4v) is 16.6. The zero-order chi connectivity index (χ0) is 94.5. The lowest BCUT2D eigenvalue weighted by molar-refractivity contribution is 0.0592. The van der Waals surface area contributed by atoms with Gasteiger partial charge in [0.15, 0.2) is 55.0 Å². The van der Waals surface area contributed by atoms with E-state index in [9.17, 15) is 24.0 Å². The van der Waals surface area contributed by atoms with Crippen LogP contribution < -0.4 is 80.8 Å². The number of benzene rings is 12. The number of rotatable bonds is 27. The fourth-order valence-electron chi connectivity index (χ4n) is 12.7. The Balaban J connectivity index is 0.000000162. The van der Waals surface area contributed by atoms with Crippen molar-refractivity contribution in [3.63, 3.8) is 0 Å². The molecule has 0 bridgehead atoms. The van der Waals surface area contributed by atoms with Crippen LogP contribution in [0.3, 0.4) is 0 Å². The fraction of sp³-hybridized carbons (Fsp3) is 0.156. The minimum atomic E-state index is -1.57. The van der Waals surface area contributed by atoms with Gasteiger partial charge in [-0.25, -0.2) is 34.3 Å². The largest absolute Gasteiger partial charge is 0.493 e. The normalized spacial score (nSPS) is 10.4. The number of carbonyl (C=O) groups is 5. The zero-order valence-corrected chi connectivity index (χ0v) is 79.8. The van der Waals surface area contributed by atoms with Crippen LogP contribution in [-0.2, 0) is 33.8 Å². The monoisotopic (exact) mass is 1980 g/mol. The molecule has 1 amide bonds. The summed E-state index contributed by atoms with van der Waals surface area (Å²) in [4.78, 5) is 74.9. The maximum absolute atomic E-state index is 12.6. The predicted molar refractivity (Wildman–Crippen MR) is 530 cm³/mol. The molecule has 680 valence electrons. The smallest absolute Gasteiger partial charge is 0.488 e. The molecule has 0 saturated carbocycles. The molecule has 12 aromatic carbocycles. The second-order valence-electron chi connectivity index (χ2n) is 27.8. The molecule has 4 aromatic heterocycles. The molecule has 0 aliphatic carbocycles. The lowest BCUT2D eigenvalue weighted by Gasteiger charge is -2.14. The number of hydrogen-bond acceptors (Lipinski definition) is 32. The van der Waals surface area contributed by atoms with Crippen LogP contribution in [0.25, 0.3) is 63.1 Å². The van der Waals surface area contributed by atoms with Crippen molar-refractivity contribution in [1.29, 1.82) is 0 Å². The summed E-state index contributed by atoms with van der Waals surface area (Å²) in [6, 6.07) is 70.5. The number of anilines is 6. The first kappa shape index (κ1) is 98.5. The molecule has 4 heterocycles. The van der Waals surface area contributed by atoms with Crippen molar-refractivity contribution >= 4 is 193 Å². The standard InChI is InChI=1S/C30H28N4O4S.C25H24N2O5S.C16H13BrN2O2S.C9H13BO5.C9H8O3.C7H5BrN2S/c1-36-25-15-21(16-26(37-2)28(25)38-3)20-12-13-27-24(14-20)34-30(39-27)32-17-18-8-10-19(11-9-18)29(35)33-23-7-5-4-6-22(23)31;1-29-20-12-18(13-21(30-2)23(20)31-3)17-9-10-22-19(11-17)27-25(33-22)26-14-15-5-7-16(8-6-15)24(28)32-4;1-21-15(20)11-4-2-10(3-5-11)9-18-16-19-13-8-12(17)6-7-14(13)22-16;1-13-7-4-6(10(11)12)5-8(14-2)9(7)15-3;1-12-9(11)8-4-2-7(6-10)3-5-8;8-4-1-2-6-5(3-4)10-7(9)11-6/h4-16H,17,31H2,1-3H3,(H,32,34)(H,33,35);5-13H,14H2,1-4H3,(H,26,27);2-8H,9H2,1H3,(H,18,19);4-5,11-12H,1-3H3;2-6H,1H3;1-3H,(H2,9,10). The van der Waals surface area contributed by atoms with Gasteiger partial charge in [-0.2, -0.15) is 0 Å². The molecule has 16 rings (SSSR count). The van der Waals surface area contributed by atoms with E-state index >= 15 is 0 Å². The van der Waals surface area contributed by atoms with Gasteiger partial charge >= 0.3 is 25.0 Å². The number of thiazole rings is 4. The van der Waals surface area contributed by atoms with Crippen molar-refractivity contribution in [3.05, 3.63) is 284 Å². The Labute approximate surface area is 793 Å². The van der Waals surface area contributed by atoms with Gasteiger partial charge in [-0.3, -0.25) is 9.59 Å². The second kappa shape index (κ2) is 48.0. The van der Waals surface area contributed by atoms with E-state index in [4.69, 9.17) is 78.9 Å². The van der Waals surface area contributed by atoms with Crippen LogP contribution >= 0.6 is 77.2 Å². The van der Waals surface area contributed by atoms with Crippen LogP contribution in [0, 0.1) is 0 Å². The number of nitrogen functional groups attached to an aromatic ring is 2. The van der Waals surface area contributed by atoms with E-state index in [0.29, 0.717) is 116 Å². The topological polar surface area (TPSA) is 388 Å². The van der Waals surface area contributed by atoms with E-state index < -0.39 is 13.1 Å². The second-order valence-corrected chi connectivity index (χ2v) is 33.8. The molecule has 0 aliphatic rings. The van der Waals surface area contributed by atoms with Gasteiger partial charge in [-0.15, -0.1) is 0 Å². The molecule has 36 heteroatoms. The van der Waals surface area contributed by atoms with Crippen LogP contribution in [0.1, 0.15) is 68.5 Å². The van der Waals surface area contributed by atoms with Crippen LogP contribution in [0.15, 0.2) is 239 Å². The number of fused-ring (bicyclic) bond motifs is 4. The van der Waals surface area contributed by atoms with Crippen molar-refractivity contribution in [2.24, 2.45) is 0 Å². The Kier molecular flexibility index (Phi) is 35.8. The third-order valence-corrected chi connectivity index (χ3v) is 24.3. The number of ether oxygens (including phenoxy) is 12. The molecule has 0 radical (unpaired) electrons. The molecule has 0 saturated heterocycles. The molecule has 0 atom stereocenters. The summed E-state index contributed by atoms with van der Waals surface area (Å²) < 4.78 is 68.4. The molecule has 0 spiro atoms. The van der Waals surface area contributed by atoms with Gasteiger partial charge in [0.05, 0.1) is 154 Å². The predicted octanol–water partition coefficient (Wildman–Crippen LogP) is 19.6. The zero-order valence-electron chi connectivity index (χ0n) is 73.4. The summed E-state index contributed by atoms with van der Waals surface area (Å²) in [5.41, 5.74) is 26.2. The van der Waals surface area contributed by atoms with E-state index in [0.717, 1.165) is 110 Å². The van der Waals surface area contributed by atoms with Gasteiger partial charge in [0.2, 0.25) is 17.2 Å². The van der Waals surface area contributed by atoms with E-state index in [1.165, 1.54) is 66.1 Å². The van der Waals surface area contributed by atoms with Crippen LogP contribution in [0.2, 0.25) is 0 Å². The average molecular weight is 1990 g/mol. The number of halogens is 2. The summed E-state index contributed by atoms with van der Waals surface area (Å²) in [7, 11) is 16.5. The van der Waals surface area contributed by atoms with Crippen molar-refractivity contribution in [3.8, 4) is 74.0 Å². The van der Waals surface area contributed by atoms with Gasteiger partial charge in [0.1, 0.15) is 6.29 Å². The van der Waals surface area contributed by atoms with E-state index in [1.807, 2.05) is 121 Å². The van der Waals surface area contributed by atoms with Gasteiger partial charge in [0.25, 0.3) is 5.91 Å². The highest BCUT2D eigenvalue weighted by molar-refractivity contribution is 9.10. The summed E-state index contributed by atoms with van der Waals surface area (Å²) >= 11 is 13.1. The molecule has 0 unspecified atom stereocenters. The third-order valence-electron chi connectivity index (χ3n) is 19.4. The number of amides is 1. The Morgan fingerprint density at radius 3 is 1.04 bits per heavy atom. The molecule has 0 aliphatic heterocycles. The molecule has 29 nitrogen and oxygen atoms in total. The number of para-hydroxylation sites is 2. The minimum absolute atomic E-state index is 0.207. The Morgan fingerprint density at radius 1 is 0.371 bits per heavy atom. The molecular weight excluding hydrogens is 1900 g/mol. The van der Waals surface area contributed by atoms with Gasteiger partial charge in [-0.05, 0) is 202 Å². The van der Waals surface area contributed by atoms with Gasteiger partial charge in [0, 0.05) is 39.7 Å². The highest BCUT2D eigenvalue weighted by Gasteiger charge is 2.22.